The summed E-state index contributed by atoms with van der Waals surface area (Å²) in [4.78, 5) is 0. The van der Waals surface area contributed by atoms with E-state index in [9.17, 15) is 0 Å². The van der Waals surface area contributed by atoms with Crippen molar-refractivity contribution in [2.75, 3.05) is 6.54 Å². The number of aromatic nitrogens is 2. The van der Waals surface area contributed by atoms with Crippen LogP contribution in [0.15, 0.2) is 30.5 Å². The van der Waals surface area contributed by atoms with Gasteiger partial charge in [-0.1, -0.05) is 29.8 Å². The predicted octanol–water partition coefficient (Wildman–Crippen LogP) is 2.78. The molecule has 0 fully saturated rings. The molecule has 0 amide bonds. The van der Waals surface area contributed by atoms with Gasteiger partial charge in [0, 0.05) is 10.7 Å². The highest BCUT2D eigenvalue weighted by Crippen LogP contribution is 2.18. The fraction of sp³-hybridized carbons (Fsp3) is 0.357. The molecule has 1 heterocycles. The van der Waals surface area contributed by atoms with Gasteiger partial charge in [0.2, 0.25) is 0 Å². The normalized spacial score (nSPS) is 10.8. The number of hydrogen-bond acceptors (Lipinski definition) is 2. The van der Waals surface area contributed by atoms with E-state index in [-0.39, 0.29) is 0 Å². The zero-order valence-electron chi connectivity index (χ0n) is 10.6. The van der Waals surface area contributed by atoms with Crippen LogP contribution >= 0.6 is 11.6 Å². The molecule has 0 aliphatic heterocycles. The average Bonchev–Trinajstić information content (AvgIpc) is 2.71. The van der Waals surface area contributed by atoms with Crippen LogP contribution in [0.5, 0.6) is 0 Å². The lowest BCUT2D eigenvalue weighted by Gasteiger charge is -2.07. The fourth-order valence-corrected chi connectivity index (χ4v) is 2.17. The van der Waals surface area contributed by atoms with Crippen molar-refractivity contribution in [2.24, 2.45) is 5.73 Å². The Morgan fingerprint density at radius 3 is 2.78 bits per heavy atom. The predicted molar refractivity (Wildman–Crippen MR) is 74.9 cm³/mol. The number of nitrogens with zero attached hydrogens (tertiary/aromatic N) is 2. The summed E-state index contributed by atoms with van der Waals surface area (Å²) in [6.45, 7) is 3.53. The first-order chi connectivity index (χ1) is 8.72. The third kappa shape index (κ3) is 2.92. The number of nitrogens with two attached hydrogens (primary N) is 1. The second-order valence-electron chi connectivity index (χ2n) is 4.40. The van der Waals surface area contributed by atoms with Gasteiger partial charge in [-0.3, -0.25) is 4.68 Å². The maximum atomic E-state index is 6.16. The summed E-state index contributed by atoms with van der Waals surface area (Å²) in [5.41, 5.74) is 9.09. The van der Waals surface area contributed by atoms with Gasteiger partial charge in [-0.2, -0.15) is 5.10 Å². The number of aryl methyl sites for hydroxylation is 1. The van der Waals surface area contributed by atoms with Crippen LogP contribution in [0.2, 0.25) is 5.02 Å². The monoisotopic (exact) mass is 263 g/mol. The molecule has 0 radical (unpaired) electrons. The Bertz CT molecular complexity index is 520. The molecule has 4 heteroatoms. The molecule has 0 atom stereocenters. The summed E-state index contributed by atoms with van der Waals surface area (Å²) >= 11 is 6.16. The van der Waals surface area contributed by atoms with Crippen molar-refractivity contribution in [1.29, 1.82) is 0 Å². The molecule has 3 nitrogen and oxygen atoms in total. The van der Waals surface area contributed by atoms with Gasteiger partial charge < -0.3 is 5.73 Å². The minimum Gasteiger partial charge on any atom is -0.330 e. The van der Waals surface area contributed by atoms with Crippen molar-refractivity contribution in [3.05, 3.63) is 52.3 Å². The van der Waals surface area contributed by atoms with E-state index in [0.29, 0.717) is 6.54 Å². The van der Waals surface area contributed by atoms with Crippen LogP contribution in [0.4, 0.5) is 0 Å². The Hall–Kier alpha value is -1.32. The second-order valence-corrected chi connectivity index (χ2v) is 4.80. The quantitative estimate of drug-likeness (QED) is 0.902. The SMILES string of the molecule is Cc1c(CCCN)cnn1Cc1ccccc1Cl. The number of hydrogen-bond donors (Lipinski definition) is 1. The van der Waals surface area contributed by atoms with Gasteiger partial charge in [0.25, 0.3) is 0 Å². The topological polar surface area (TPSA) is 43.8 Å². The van der Waals surface area contributed by atoms with Crippen LogP contribution in [0.1, 0.15) is 23.2 Å². The molecule has 18 heavy (non-hydrogen) atoms. The Balaban J connectivity index is 2.15. The highest BCUT2D eigenvalue weighted by atomic mass is 35.5. The van der Waals surface area contributed by atoms with Crippen LogP contribution < -0.4 is 5.73 Å². The molecule has 0 aliphatic rings. The first-order valence-electron chi connectivity index (χ1n) is 6.17. The highest BCUT2D eigenvalue weighted by molar-refractivity contribution is 6.31. The van der Waals surface area contributed by atoms with Crippen molar-refractivity contribution in [2.45, 2.75) is 26.3 Å². The van der Waals surface area contributed by atoms with Crippen molar-refractivity contribution in [3.63, 3.8) is 0 Å². The summed E-state index contributed by atoms with van der Waals surface area (Å²) in [5, 5.41) is 5.21. The molecule has 2 aromatic rings. The molecule has 1 aromatic carbocycles. The third-order valence-electron chi connectivity index (χ3n) is 3.13. The molecule has 0 saturated heterocycles. The standard InChI is InChI=1S/C14H18ClN3/c1-11-12(6-4-8-16)9-17-18(11)10-13-5-2-3-7-14(13)15/h2-3,5,7,9H,4,6,8,10,16H2,1H3. The van der Waals surface area contributed by atoms with E-state index in [0.717, 1.165) is 30.0 Å². The largest absolute Gasteiger partial charge is 0.330 e. The van der Waals surface area contributed by atoms with Crippen molar-refractivity contribution < 1.29 is 0 Å². The minimum atomic E-state index is 0.716. The fourth-order valence-electron chi connectivity index (χ4n) is 1.97. The molecule has 0 saturated carbocycles. The van der Waals surface area contributed by atoms with E-state index in [2.05, 4.69) is 12.0 Å². The van der Waals surface area contributed by atoms with E-state index in [1.165, 1.54) is 11.3 Å². The maximum absolute atomic E-state index is 6.16. The van der Waals surface area contributed by atoms with Crippen LogP contribution in [0.25, 0.3) is 0 Å². The first kappa shape index (κ1) is 13.1. The Morgan fingerprint density at radius 1 is 1.28 bits per heavy atom. The van der Waals surface area contributed by atoms with Gasteiger partial charge in [-0.25, -0.2) is 0 Å². The van der Waals surface area contributed by atoms with E-state index in [4.69, 9.17) is 17.3 Å². The summed E-state index contributed by atoms with van der Waals surface area (Å²) in [7, 11) is 0. The molecule has 96 valence electrons. The van der Waals surface area contributed by atoms with E-state index in [1.807, 2.05) is 35.1 Å². The van der Waals surface area contributed by atoms with Gasteiger partial charge >= 0.3 is 0 Å². The van der Waals surface area contributed by atoms with Gasteiger partial charge in [-0.15, -0.1) is 0 Å². The van der Waals surface area contributed by atoms with Crippen LogP contribution in [-0.4, -0.2) is 16.3 Å². The smallest absolute Gasteiger partial charge is 0.0677 e. The molecule has 0 bridgehead atoms. The zero-order valence-corrected chi connectivity index (χ0v) is 11.3. The lowest BCUT2D eigenvalue weighted by molar-refractivity contribution is 0.662. The highest BCUT2D eigenvalue weighted by Gasteiger charge is 2.07. The Labute approximate surface area is 113 Å². The van der Waals surface area contributed by atoms with Crippen molar-refractivity contribution in [3.8, 4) is 0 Å². The molecular weight excluding hydrogens is 246 g/mol. The summed E-state index contributed by atoms with van der Waals surface area (Å²) in [5.74, 6) is 0. The van der Waals surface area contributed by atoms with E-state index in [1.54, 1.807) is 0 Å². The number of halogens is 1. The van der Waals surface area contributed by atoms with Crippen molar-refractivity contribution in [1.82, 2.24) is 9.78 Å². The van der Waals surface area contributed by atoms with Gasteiger partial charge in [0.05, 0.1) is 12.7 Å². The van der Waals surface area contributed by atoms with Gasteiger partial charge in [0.1, 0.15) is 0 Å². The Morgan fingerprint density at radius 2 is 2.06 bits per heavy atom. The number of rotatable bonds is 5. The average molecular weight is 264 g/mol. The zero-order chi connectivity index (χ0) is 13.0. The van der Waals surface area contributed by atoms with Crippen molar-refractivity contribution >= 4 is 11.6 Å². The maximum Gasteiger partial charge on any atom is 0.0677 e. The van der Waals surface area contributed by atoms with E-state index >= 15 is 0 Å². The second kappa shape index (κ2) is 6.03. The van der Waals surface area contributed by atoms with Crippen LogP contribution in [0, 0.1) is 6.92 Å². The van der Waals surface area contributed by atoms with E-state index < -0.39 is 0 Å². The summed E-state index contributed by atoms with van der Waals surface area (Å²) in [6.07, 6.45) is 3.92. The van der Waals surface area contributed by atoms with Crippen LogP contribution in [0.3, 0.4) is 0 Å². The molecular formula is C14H18ClN3. The molecule has 0 aliphatic carbocycles. The third-order valence-corrected chi connectivity index (χ3v) is 3.50. The molecule has 2 N–H and O–H groups in total. The summed E-state index contributed by atoms with van der Waals surface area (Å²) < 4.78 is 1.99. The molecule has 1 aromatic heterocycles. The lowest BCUT2D eigenvalue weighted by atomic mass is 10.1. The van der Waals surface area contributed by atoms with Crippen LogP contribution in [-0.2, 0) is 13.0 Å². The minimum absolute atomic E-state index is 0.716. The first-order valence-corrected chi connectivity index (χ1v) is 6.55. The molecule has 0 spiro atoms. The van der Waals surface area contributed by atoms with Gasteiger partial charge in [-0.05, 0) is 43.5 Å². The summed E-state index contributed by atoms with van der Waals surface area (Å²) in [6, 6.07) is 7.87. The number of benzene rings is 1. The molecule has 0 unspecified atom stereocenters. The van der Waals surface area contributed by atoms with Gasteiger partial charge in [0.15, 0.2) is 0 Å². The lowest BCUT2D eigenvalue weighted by Crippen LogP contribution is -2.05. The Kier molecular flexibility index (Phi) is 4.39. The molecule has 2 rings (SSSR count).